The van der Waals surface area contributed by atoms with E-state index in [1.807, 2.05) is 26.8 Å². The van der Waals surface area contributed by atoms with Crippen molar-refractivity contribution in [3.63, 3.8) is 0 Å². The van der Waals surface area contributed by atoms with Crippen molar-refractivity contribution in [3.05, 3.63) is 89.6 Å². The third kappa shape index (κ3) is 42.7. The minimum atomic E-state index is -0.805. The molecule has 0 radical (unpaired) electrons. The van der Waals surface area contributed by atoms with Crippen LogP contribution in [0, 0.1) is 113 Å². The zero-order valence-electron chi connectivity index (χ0n) is 96.5. The molecule has 138 heavy (non-hydrogen) atoms. The first-order valence-corrected chi connectivity index (χ1v) is 58.6. The first-order chi connectivity index (χ1) is 65.2. The molecule has 10 heteroatoms. The van der Waals surface area contributed by atoms with Gasteiger partial charge in [-0.3, -0.25) is 9.59 Å². The number of rotatable bonds is 61. The Balaban J connectivity index is 0.000000326. The minimum absolute atomic E-state index is 0.0102. The van der Waals surface area contributed by atoms with E-state index in [2.05, 4.69) is 187 Å². The monoisotopic (exact) mass is 1920 g/mol. The smallest absolute Gasteiger partial charge is 0.200 e. The number of Topliss-reactive ketones (excluding diaryl/α,β-unsaturated/α-hetero) is 2. The van der Waals surface area contributed by atoms with Crippen molar-refractivity contribution in [3.8, 4) is 34.5 Å². The number of ether oxygens (including phenoxy) is 5. The van der Waals surface area contributed by atoms with Gasteiger partial charge in [0, 0.05) is 51.0 Å². The molecule has 1 aliphatic carbocycles. The average molecular weight is 1920 g/mol. The van der Waals surface area contributed by atoms with Gasteiger partial charge in [-0.05, 0) is 328 Å². The van der Waals surface area contributed by atoms with E-state index in [-0.39, 0.29) is 40.8 Å². The Morgan fingerprint density at radius 3 is 1.08 bits per heavy atom. The number of aromatic hydroxyl groups is 2. The second-order valence-electron chi connectivity index (χ2n) is 49.7. The van der Waals surface area contributed by atoms with E-state index in [0.29, 0.717) is 59.0 Å². The van der Waals surface area contributed by atoms with Gasteiger partial charge in [-0.25, -0.2) is 0 Å². The van der Waals surface area contributed by atoms with Crippen LogP contribution in [0.25, 0.3) is 0 Å². The SMILES string of the molecule is CCCC1Oc2c(C)c(C)c3c(c2C(CCC)O1)CC[C@@](C)(CCC[C@H](C)CCC[C@H](C)CCCC(C)C)O3.CCCCC1=C(CC[C@](C)(O)CCC[C@H](C)CCC[C@H](C)CCCC(C)C)C(=O)C(C)=C(C)C1=O.CCCCc1c(O)c(C)c(C)c2c1CC[C@@](C)(CCC[C@H](C)CCC[C@H](C)CCCC(C)C)O2.Cc1c(O)cc2c(c1C)O[C@](C)(CCC[C@H](C)CCC[C@H](C)CCCC(C)C)CC2. The van der Waals surface area contributed by atoms with Crippen LogP contribution in [0.4, 0.5) is 0 Å². The summed E-state index contributed by atoms with van der Waals surface area (Å²) in [4.78, 5) is 25.8. The lowest BCUT2D eigenvalue weighted by molar-refractivity contribution is -0.147. The average Bonchev–Trinajstić information content (AvgIpc) is 0.738. The number of aliphatic hydroxyl groups is 1. The van der Waals surface area contributed by atoms with Crippen molar-refractivity contribution in [1.29, 1.82) is 0 Å². The van der Waals surface area contributed by atoms with Crippen LogP contribution in [-0.4, -0.2) is 55.6 Å². The number of aryl methyl sites for hydroxylation is 1. The molecule has 5 aliphatic rings. The Morgan fingerprint density at radius 1 is 0.362 bits per heavy atom. The van der Waals surface area contributed by atoms with Gasteiger partial charge in [0.25, 0.3) is 0 Å². The predicted octanol–water partition coefficient (Wildman–Crippen LogP) is 38.5. The van der Waals surface area contributed by atoms with E-state index < -0.39 is 5.60 Å². The molecule has 4 heterocycles. The molecule has 0 fully saturated rings. The van der Waals surface area contributed by atoms with Gasteiger partial charge in [0.1, 0.15) is 51.3 Å². The maximum Gasteiger partial charge on any atom is 0.200 e. The number of hydrogen-bond acceptors (Lipinski definition) is 10. The van der Waals surface area contributed by atoms with E-state index >= 15 is 0 Å². The Morgan fingerprint density at radius 2 is 0.688 bits per heavy atom. The molecule has 0 saturated heterocycles. The lowest BCUT2D eigenvalue weighted by atomic mass is 9.79. The van der Waals surface area contributed by atoms with Gasteiger partial charge in [-0.15, -0.1) is 0 Å². The van der Waals surface area contributed by atoms with Crippen LogP contribution in [-0.2, 0) is 40.0 Å². The topological polar surface area (TPSA) is 141 Å². The number of hydrogen-bond donors (Lipinski definition) is 3. The number of phenols is 2. The maximum absolute atomic E-state index is 13.0. The molecule has 10 nitrogen and oxygen atoms in total. The quantitative estimate of drug-likeness (QED) is 0.0468. The summed E-state index contributed by atoms with van der Waals surface area (Å²) in [5, 5.41) is 31.9. The number of benzene rings is 3. The van der Waals surface area contributed by atoms with Crippen LogP contribution in [0.15, 0.2) is 28.4 Å². The largest absolute Gasteiger partial charge is 0.508 e. The van der Waals surface area contributed by atoms with Crippen LogP contribution in [0.3, 0.4) is 0 Å². The molecule has 0 saturated carbocycles. The molecule has 0 aromatic heterocycles. The summed E-state index contributed by atoms with van der Waals surface area (Å²) in [6, 6.07) is 1.91. The summed E-state index contributed by atoms with van der Waals surface area (Å²) >= 11 is 0. The second-order valence-corrected chi connectivity index (χ2v) is 49.7. The highest BCUT2D eigenvalue weighted by Gasteiger charge is 2.42. The summed E-state index contributed by atoms with van der Waals surface area (Å²) in [7, 11) is 0. The van der Waals surface area contributed by atoms with E-state index in [1.54, 1.807) is 13.8 Å². The van der Waals surface area contributed by atoms with Crippen LogP contribution in [0.5, 0.6) is 34.5 Å². The second kappa shape index (κ2) is 62.9. The predicted molar refractivity (Wildman–Crippen MR) is 593 cm³/mol. The highest BCUT2D eigenvalue weighted by molar-refractivity contribution is 6.24. The van der Waals surface area contributed by atoms with Gasteiger partial charge >= 0.3 is 0 Å². The maximum atomic E-state index is 13.0. The standard InChI is InChI=1S/C36H62O3.C32H56O3.C32H56O2.C28H48O2/c1-10-15-31-33-30-22-24-36(9,23-14-21-27(6)20-13-19-26(5)18-12-17-25(3)4)39-34(30)28(7)29(8)35(33)38-32(37-31)16-11-2;1-9-10-19-28-29(31(34)27(7)26(6)30(28)33)20-22-32(8,35)21-13-18-25(5)17-12-16-24(4)15-11-14-23(2)3;1-9-10-19-28-29-20-22-32(8,34-31(29)27(7)26(6)30(28)33)21-13-18-25(5)17-12-16-24(4)15-11-14-23(2)3;1-20(2)11-8-12-21(3)13-9-14-22(4)15-10-17-28(7)18-16-25-19-26(29)23(5)24(6)27(25)30-28/h25-27,31-32H,10-24H2,1-9H3;23-25,35H,9-22H2,1-8H3;23-25,33H,9-22H2,1-8H3;19-22,29H,8-18H2,1-7H3/t26-,27-,31?,32?,36-;2*24-,25-,32-;21-,22-,28-/m1111/s1. The fourth-order valence-corrected chi connectivity index (χ4v) is 22.8. The first kappa shape index (κ1) is 124. The molecule has 14 atom stereocenters. The molecular weight excluding hydrogens is 1700 g/mol. The molecule has 0 bridgehead atoms. The zero-order chi connectivity index (χ0) is 103. The van der Waals surface area contributed by atoms with Gasteiger partial charge in [-0.2, -0.15) is 0 Å². The fourth-order valence-electron chi connectivity index (χ4n) is 22.8. The summed E-state index contributed by atoms with van der Waals surface area (Å²) in [6.45, 7) is 71.8. The summed E-state index contributed by atoms with van der Waals surface area (Å²) in [6.07, 6.45) is 64.2. The summed E-state index contributed by atoms with van der Waals surface area (Å²) in [5.41, 5.74) is 14.4. The van der Waals surface area contributed by atoms with Crippen molar-refractivity contribution in [2.24, 2.45) is 71.0 Å². The highest BCUT2D eigenvalue weighted by Crippen LogP contribution is 2.53. The highest BCUT2D eigenvalue weighted by atomic mass is 16.7. The zero-order valence-corrected chi connectivity index (χ0v) is 96.5. The number of ketones is 2. The number of allylic oxidation sites excluding steroid dienone is 4. The molecule has 794 valence electrons. The Hall–Kier alpha value is -4.80. The lowest BCUT2D eigenvalue weighted by Gasteiger charge is -2.42. The van der Waals surface area contributed by atoms with E-state index in [4.69, 9.17) is 23.7 Å². The Labute approximate surface area is 853 Å². The fraction of sp³-hybridized carbons (Fsp3) is 0.812. The van der Waals surface area contributed by atoms with Gasteiger partial charge in [0.05, 0.1) is 11.7 Å². The van der Waals surface area contributed by atoms with Crippen molar-refractivity contribution in [2.75, 3.05) is 0 Å². The molecule has 3 N–H and O–H groups in total. The molecule has 3 aromatic rings. The number of carbonyl (C=O) groups excluding carboxylic acids is 2. The number of unbranched alkanes of at least 4 members (excludes halogenated alkanes) is 2. The summed E-state index contributed by atoms with van der Waals surface area (Å²) < 4.78 is 33.2. The van der Waals surface area contributed by atoms with Gasteiger partial charge in [0.15, 0.2) is 11.6 Å². The van der Waals surface area contributed by atoms with Gasteiger partial charge < -0.3 is 39.0 Å². The van der Waals surface area contributed by atoms with Crippen LogP contribution in [0.1, 0.15) is 568 Å². The summed E-state index contributed by atoms with van der Waals surface area (Å²) in [5.74, 6) is 15.2. The van der Waals surface area contributed by atoms with Crippen LogP contribution in [0.2, 0.25) is 0 Å². The molecule has 0 amide bonds. The molecular formula is C128H222O10. The molecule has 4 aliphatic heterocycles. The molecule has 2 unspecified atom stereocenters. The van der Waals surface area contributed by atoms with Crippen LogP contribution < -0.4 is 18.9 Å². The minimum Gasteiger partial charge on any atom is -0.508 e. The number of carbonyl (C=O) groups is 2. The van der Waals surface area contributed by atoms with Crippen molar-refractivity contribution in [2.45, 2.75) is 603 Å². The Kier molecular flexibility index (Phi) is 56.4. The Bertz CT molecular complexity index is 4070. The van der Waals surface area contributed by atoms with Gasteiger partial charge in [-0.1, -0.05) is 350 Å². The van der Waals surface area contributed by atoms with E-state index in [0.717, 1.165) is 251 Å². The molecule has 8 rings (SSSR count). The van der Waals surface area contributed by atoms with E-state index in [9.17, 15) is 24.9 Å². The number of fused-ring (bicyclic) bond motifs is 5. The van der Waals surface area contributed by atoms with Crippen molar-refractivity contribution >= 4 is 11.6 Å². The third-order valence-electron chi connectivity index (χ3n) is 33.6. The lowest BCUT2D eigenvalue weighted by Crippen LogP contribution is -2.38. The van der Waals surface area contributed by atoms with Gasteiger partial charge in [0.2, 0.25) is 6.29 Å². The third-order valence-corrected chi connectivity index (χ3v) is 33.6. The normalized spacial score (nSPS) is 20.8. The molecule has 0 spiro atoms. The van der Waals surface area contributed by atoms with Crippen molar-refractivity contribution in [1.82, 2.24) is 0 Å². The van der Waals surface area contributed by atoms with Crippen LogP contribution >= 0.6 is 0 Å². The van der Waals surface area contributed by atoms with Crippen molar-refractivity contribution < 1.29 is 48.6 Å². The first-order valence-electron chi connectivity index (χ1n) is 58.6. The van der Waals surface area contributed by atoms with E-state index in [1.165, 1.54) is 226 Å². The molecule has 3 aromatic carbocycles. The number of phenolic OH excluding ortho intramolecular Hbond substituents is 2.